The summed E-state index contributed by atoms with van der Waals surface area (Å²) in [5, 5.41) is 9.80. The van der Waals surface area contributed by atoms with E-state index in [4.69, 9.17) is 11.6 Å². The Morgan fingerprint density at radius 2 is 2.04 bits per heavy atom. The highest BCUT2D eigenvalue weighted by atomic mass is 35.5. The molecular weight excluding hydrogens is 337 g/mol. The number of halogens is 4. The van der Waals surface area contributed by atoms with E-state index in [1.165, 1.54) is 0 Å². The topological polar surface area (TPSA) is 79.1 Å². The van der Waals surface area contributed by atoms with Crippen LogP contribution in [0.25, 0.3) is 11.2 Å². The van der Waals surface area contributed by atoms with Gasteiger partial charge in [-0.15, -0.1) is 0 Å². The molecule has 0 saturated heterocycles. The van der Waals surface area contributed by atoms with Crippen molar-refractivity contribution in [3.05, 3.63) is 11.6 Å². The Balaban J connectivity index is 1.94. The zero-order chi connectivity index (χ0) is 16.6. The predicted molar refractivity (Wildman–Crippen MR) is 76.2 cm³/mol. The van der Waals surface area contributed by atoms with Crippen LogP contribution in [0.5, 0.6) is 0 Å². The SMILES string of the molecule is ON(NCC(F)(F)F)c1nc(Cl)nc2c1ncn2C1CCCC1. The van der Waals surface area contributed by atoms with Gasteiger partial charge < -0.3 is 4.57 Å². The fraction of sp³-hybridized carbons (Fsp3) is 0.583. The molecule has 1 fully saturated rings. The van der Waals surface area contributed by atoms with E-state index in [0.717, 1.165) is 25.7 Å². The molecule has 2 aromatic rings. The average Bonchev–Trinajstić information content (AvgIpc) is 3.11. The number of alkyl halides is 3. The summed E-state index contributed by atoms with van der Waals surface area (Å²) in [6, 6.07) is 0.217. The minimum absolute atomic E-state index is 0.176. The number of hydrogen-bond acceptors (Lipinski definition) is 6. The molecule has 0 radical (unpaired) electrons. The van der Waals surface area contributed by atoms with Gasteiger partial charge in [-0.1, -0.05) is 12.8 Å². The van der Waals surface area contributed by atoms with Crippen LogP contribution in [0.4, 0.5) is 19.0 Å². The molecule has 3 rings (SSSR count). The summed E-state index contributed by atoms with van der Waals surface area (Å²) in [6.45, 7) is -1.42. The molecule has 1 aliphatic rings. The van der Waals surface area contributed by atoms with Crippen LogP contribution in [-0.4, -0.2) is 37.4 Å². The largest absolute Gasteiger partial charge is 0.402 e. The molecular formula is C12H14ClF3N6O. The van der Waals surface area contributed by atoms with Crippen LogP contribution in [0, 0.1) is 0 Å². The fourth-order valence-electron chi connectivity index (χ4n) is 2.71. The van der Waals surface area contributed by atoms with Crippen molar-refractivity contribution in [2.24, 2.45) is 0 Å². The molecule has 0 aliphatic heterocycles. The summed E-state index contributed by atoms with van der Waals surface area (Å²) in [4.78, 5) is 12.0. The third-order valence-electron chi connectivity index (χ3n) is 3.72. The van der Waals surface area contributed by atoms with Crippen molar-refractivity contribution >= 4 is 28.6 Å². The van der Waals surface area contributed by atoms with Crippen molar-refractivity contribution < 1.29 is 18.4 Å². The van der Waals surface area contributed by atoms with Crippen LogP contribution in [0.3, 0.4) is 0 Å². The van der Waals surface area contributed by atoms with Crippen LogP contribution in [0.1, 0.15) is 31.7 Å². The smallest absolute Gasteiger partial charge is 0.312 e. The Morgan fingerprint density at radius 1 is 1.35 bits per heavy atom. The molecule has 23 heavy (non-hydrogen) atoms. The van der Waals surface area contributed by atoms with E-state index in [2.05, 4.69) is 15.0 Å². The molecule has 7 nitrogen and oxygen atoms in total. The van der Waals surface area contributed by atoms with Crippen LogP contribution >= 0.6 is 11.6 Å². The second-order valence-electron chi connectivity index (χ2n) is 5.34. The first-order chi connectivity index (χ1) is 10.8. The number of anilines is 1. The number of rotatable bonds is 4. The quantitative estimate of drug-likeness (QED) is 0.652. The number of imidazole rings is 1. The van der Waals surface area contributed by atoms with Gasteiger partial charge in [-0.25, -0.2) is 4.98 Å². The number of nitrogens with one attached hydrogen (secondary N) is 1. The average molecular weight is 351 g/mol. The predicted octanol–water partition coefficient (Wildman–Crippen LogP) is 2.86. The molecule has 0 atom stereocenters. The van der Waals surface area contributed by atoms with Gasteiger partial charge in [-0.2, -0.15) is 33.7 Å². The lowest BCUT2D eigenvalue weighted by Gasteiger charge is -2.18. The highest BCUT2D eigenvalue weighted by Crippen LogP contribution is 2.33. The van der Waals surface area contributed by atoms with Gasteiger partial charge in [-0.05, 0) is 24.4 Å². The van der Waals surface area contributed by atoms with Crippen LogP contribution in [0.15, 0.2) is 6.33 Å². The standard InChI is InChI=1S/C12H14ClF3N6O/c13-11-19-9-8(17-6-21(9)7-3-1-2-4-7)10(20-11)22(23)18-5-12(14,15)16/h6-7,18,23H,1-5H2. The molecule has 2 aromatic heterocycles. The zero-order valence-electron chi connectivity index (χ0n) is 11.9. The third-order valence-corrected chi connectivity index (χ3v) is 3.89. The molecule has 126 valence electrons. The Morgan fingerprint density at radius 3 is 2.70 bits per heavy atom. The molecule has 11 heteroatoms. The van der Waals surface area contributed by atoms with Crippen molar-refractivity contribution in [1.82, 2.24) is 24.9 Å². The number of nitrogens with zero attached hydrogens (tertiary/aromatic N) is 5. The van der Waals surface area contributed by atoms with Crippen molar-refractivity contribution in [2.45, 2.75) is 37.9 Å². The molecule has 0 spiro atoms. The maximum Gasteiger partial charge on any atom is 0.402 e. The number of fused-ring (bicyclic) bond motifs is 1. The van der Waals surface area contributed by atoms with Gasteiger partial charge in [0.05, 0.1) is 6.33 Å². The maximum absolute atomic E-state index is 12.3. The van der Waals surface area contributed by atoms with Gasteiger partial charge in [-0.3, -0.25) is 5.21 Å². The number of aromatic nitrogens is 4. The first-order valence-electron chi connectivity index (χ1n) is 7.04. The second kappa shape index (κ2) is 6.10. The van der Waals surface area contributed by atoms with E-state index in [1.807, 2.05) is 4.57 Å². The lowest BCUT2D eigenvalue weighted by molar-refractivity contribution is -0.128. The summed E-state index contributed by atoms with van der Waals surface area (Å²) >= 11 is 5.84. The monoisotopic (exact) mass is 350 g/mol. The maximum atomic E-state index is 12.3. The van der Waals surface area contributed by atoms with E-state index in [1.54, 1.807) is 11.8 Å². The van der Waals surface area contributed by atoms with E-state index >= 15 is 0 Å². The summed E-state index contributed by atoms with van der Waals surface area (Å²) in [5.74, 6) is -0.221. The molecule has 1 aliphatic carbocycles. The van der Waals surface area contributed by atoms with E-state index < -0.39 is 12.7 Å². The van der Waals surface area contributed by atoms with Crippen molar-refractivity contribution in [3.8, 4) is 0 Å². The summed E-state index contributed by atoms with van der Waals surface area (Å²) in [7, 11) is 0. The van der Waals surface area contributed by atoms with Gasteiger partial charge in [0.25, 0.3) is 0 Å². The van der Waals surface area contributed by atoms with Gasteiger partial charge in [0.2, 0.25) is 11.1 Å². The highest BCUT2D eigenvalue weighted by Gasteiger charge is 2.29. The summed E-state index contributed by atoms with van der Waals surface area (Å²) in [6.07, 6.45) is 1.19. The Bertz CT molecular complexity index is 700. The van der Waals surface area contributed by atoms with Crippen molar-refractivity contribution in [2.75, 3.05) is 11.7 Å². The molecule has 0 amide bonds. The minimum Gasteiger partial charge on any atom is -0.312 e. The Kier molecular flexibility index (Phi) is 4.30. The lowest BCUT2D eigenvalue weighted by atomic mass is 10.2. The minimum atomic E-state index is -4.49. The fourth-order valence-corrected chi connectivity index (χ4v) is 2.87. The molecule has 2 heterocycles. The molecule has 0 aromatic carbocycles. The Hall–Kier alpha value is -1.65. The van der Waals surface area contributed by atoms with E-state index in [0.29, 0.717) is 5.65 Å². The van der Waals surface area contributed by atoms with Gasteiger partial charge >= 0.3 is 6.18 Å². The Labute approximate surface area is 134 Å². The number of hydrazine groups is 1. The zero-order valence-corrected chi connectivity index (χ0v) is 12.6. The molecule has 1 saturated carbocycles. The van der Waals surface area contributed by atoms with E-state index in [-0.39, 0.29) is 27.8 Å². The van der Waals surface area contributed by atoms with Crippen LogP contribution in [0.2, 0.25) is 5.28 Å². The second-order valence-corrected chi connectivity index (χ2v) is 5.68. The summed E-state index contributed by atoms with van der Waals surface area (Å²) in [5.41, 5.74) is 2.37. The van der Waals surface area contributed by atoms with E-state index in [9.17, 15) is 18.4 Å². The first-order valence-corrected chi connectivity index (χ1v) is 7.42. The molecule has 2 N–H and O–H groups in total. The molecule has 0 bridgehead atoms. The van der Waals surface area contributed by atoms with Crippen molar-refractivity contribution in [3.63, 3.8) is 0 Å². The van der Waals surface area contributed by atoms with Gasteiger partial charge in [0.15, 0.2) is 11.2 Å². The number of hydrogen-bond donors (Lipinski definition) is 2. The lowest BCUT2D eigenvalue weighted by Crippen LogP contribution is -2.42. The van der Waals surface area contributed by atoms with Crippen LogP contribution in [-0.2, 0) is 0 Å². The van der Waals surface area contributed by atoms with Gasteiger partial charge in [0, 0.05) is 6.04 Å². The normalized spacial score (nSPS) is 16.4. The highest BCUT2D eigenvalue weighted by molar-refractivity contribution is 6.28. The first kappa shape index (κ1) is 16.2. The molecule has 0 unspecified atom stereocenters. The van der Waals surface area contributed by atoms with Crippen LogP contribution < -0.4 is 10.6 Å². The summed E-state index contributed by atoms with van der Waals surface area (Å²) < 4.78 is 38.6. The van der Waals surface area contributed by atoms with Gasteiger partial charge in [0.1, 0.15) is 6.54 Å². The van der Waals surface area contributed by atoms with Crippen molar-refractivity contribution in [1.29, 1.82) is 0 Å². The third kappa shape index (κ3) is 3.48.